The van der Waals surface area contributed by atoms with E-state index in [9.17, 15) is 5.02 Å². The normalized spacial score (nSPS) is 12.4. The van der Waals surface area contributed by atoms with Gasteiger partial charge in [-0.1, -0.05) is 325 Å². The minimum absolute atomic E-state index is 0.506. The number of fused-ring (bicyclic) bond motifs is 14. The number of rotatable bonds is 19. The van der Waals surface area contributed by atoms with Crippen molar-refractivity contribution in [3.63, 3.8) is 0 Å². The average molecular weight is 1960 g/mol. The number of hydrogen-bond acceptors (Lipinski definition) is 6. The minimum Gasteiger partial charge on any atom is -0.537 e. The highest BCUT2D eigenvalue weighted by molar-refractivity contribution is 9.10. The standard InChI is InChI=1S/C68H46N4.C42H30BN2O2.C26H17BrN2/c1-5-17-51(18-6-1)68(52-19-7-2-8-20-52)62-26-14-13-25-58(62)59-38-37-57(45-63(59)68)71(56-35-30-48(31-36-56)64-27-15-16-41-69-64)55-33-28-47(29-34-55)49-32-39-65-60(43-49)61-46-66-50(40-42-70(66)53-21-9-3-10-22-53)44-67(61)72(65)54-23-11-4-12-24-54;46-43-47-36-25-22-34(23-26-36)45(33-20-18-30(19-21-33)41-17-9-10-28-44-41)35-24-27-38-37-15-7-8-16-39(37)42(40(38)29-35,31-11-3-1-4-12-31)32-13-5-2-6-14-32;27-19-11-12-24-22(16-19)23-17-25-18(13-14-28(25)20-7-3-1-4-8-20)15-26(23)29(24)21-9-5-2-6-10-21/h1-46H;1-29,46H;1-17H. The Balaban J connectivity index is 0.000000124. The third-order valence-corrected chi connectivity index (χ3v) is 30.0. The molecule has 12 heteroatoms. The molecule has 2 aliphatic rings. The van der Waals surface area contributed by atoms with Crippen molar-refractivity contribution in [2.24, 2.45) is 0 Å². The highest BCUT2D eigenvalue weighted by Gasteiger charge is 2.48. The van der Waals surface area contributed by atoms with Crippen LogP contribution in [0.5, 0.6) is 5.75 Å². The highest BCUT2D eigenvalue weighted by Crippen LogP contribution is 2.60. The zero-order valence-corrected chi connectivity index (χ0v) is 82.1. The monoisotopic (exact) mass is 1960 g/mol. The molecule has 28 rings (SSSR count). The zero-order valence-electron chi connectivity index (χ0n) is 80.5. The number of nitrogens with zero attached hydrogens (tertiary/aromatic N) is 8. The van der Waals surface area contributed by atoms with Crippen LogP contribution in [0.15, 0.2) is 563 Å². The Bertz CT molecular complexity index is 9290. The molecule has 0 atom stereocenters. The van der Waals surface area contributed by atoms with Crippen molar-refractivity contribution in [1.29, 1.82) is 0 Å². The van der Waals surface area contributed by atoms with Gasteiger partial charge in [0.15, 0.2) is 0 Å². The summed E-state index contributed by atoms with van der Waals surface area (Å²) in [5.41, 5.74) is 38.3. The number of aromatic nitrogens is 6. The van der Waals surface area contributed by atoms with Gasteiger partial charge in [-0.25, -0.2) is 0 Å². The molecule has 148 heavy (non-hydrogen) atoms. The van der Waals surface area contributed by atoms with E-state index in [1.807, 2.05) is 67.0 Å². The van der Waals surface area contributed by atoms with E-state index in [0.717, 1.165) is 83.6 Å². The molecule has 1 radical (unpaired) electrons. The molecule has 10 nitrogen and oxygen atoms in total. The molecule has 0 bridgehead atoms. The third-order valence-electron chi connectivity index (χ3n) is 29.5. The third kappa shape index (κ3) is 15.6. The molecule has 26 aromatic rings. The van der Waals surface area contributed by atoms with Crippen molar-refractivity contribution in [3.8, 4) is 84.4 Å². The molecule has 20 aromatic carbocycles. The van der Waals surface area contributed by atoms with Crippen LogP contribution in [0, 0.1) is 0 Å². The lowest BCUT2D eigenvalue weighted by Crippen LogP contribution is -2.28. The maximum absolute atomic E-state index is 9.21. The van der Waals surface area contributed by atoms with Crippen LogP contribution in [0.4, 0.5) is 34.1 Å². The van der Waals surface area contributed by atoms with E-state index in [4.69, 9.17) is 4.65 Å². The number of para-hydroxylation sites is 4. The lowest BCUT2D eigenvalue weighted by atomic mass is 9.67. The number of halogens is 1. The zero-order chi connectivity index (χ0) is 98.6. The summed E-state index contributed by atoms with van der Waals surface area (Å²) in [7, 11) is 0.702. The van der Waals surface area contributed by atoms with Crippen LogP contribution in [0.1, 0.15) is 44.5 Å². The van der Waals surface area contributed by atoms with Crippen molar-refractivity contribution in [3.05, 3.63) is 608 Å². The summed E-state index contributed by atoms with van der Waals surface area (Å²) in [5, 5.41) is 16.6. The molecule has 0 saturated carbocycles. The van der Waals surface area contributed by atoms with E-state index in [0.29, 0.717) is 13.4 Å². The molecule has 0 aliphatic heterocycles. The fourth-order valence-corrected chi connectivity index (χ4v) is 23.4. The number of benzene rings is 20. The molecule has 0 saturated heterocycles. The Labute approximate surface area is 867 Å². The Morgan fingerprint density at radius 2 is 0.568 bits per heavy atom. The quantitative estimate of drug-likeness (QED) is 0.0813. The van der Waals surface area contributed by atoms with E-state index in [1.54, 1.807) is 0 Å². The summed E-state index contributed by atoms with van der Waals surface area (Å²) < 4.78 is 15.7. The fourth-order valence-electron chi connectivity index (χ4n) is 23.0. The van der Waals surface area contributed by atoms with Crippen molar-refractivity contribution in [2.45, 2.75) is 10.8 Å². The smallest absolute Gasteiger partial charge is 0.537 e. The lowest BCUT2D eigenvalue weighted by Gasteiger charge is -2.35. The predicted octanol–water partition coefficient (Wildman–Crippen LogP) is 34.3. The first-order valence-electron chi connectivity index (χ1n) is 50.0. The summed E-state index contributed by atoms with van der Waals surface area (Å²) in [6.45, 7) is 0. The molecular weight excluding hydrogens is 1870 g/mol. The second-order valence-corrected chi connectivity index (χ2v) is 38.5. The van der Waals surface area contributed by atoms with Crippen LogP contribution in [0.25, 0.3) is 144 Å². The van der Waals surface area contributed by atoms with Gasteiger partial charge in [0.05, 0.1) is 55.3 Å². The van der Waals surface area contributed by atoms with Crippen LogP contribution < -0.4 is 14.5 Å². The number of pyridine rings is 2. The van der Waals surface area contributed by atoms with E-state index in [-0.39, 0.29) is 0 Å². The molecular formula is C136H93BBrN8O2. The fraction of sp³-hybridized carbons (Fsp3) is 0.0147. The van der Waals surface area contributed by atoms with E-state index < -0.39 is 10.8 Å². The van der Waals surface area contributed by atoms with Crippen LogP contribution in [-0.2, 0) is 10.8 Å². The molecule has 1 N–H and O–H groups in total. The molecule has 6 aromatic heterocycles. The van der Waals surface area contributed by atoms with Gasteiger partial charge in [-0.2, -0.15) is 0 Å². The van der Waals surface area contributed by atoms with Gasteiger partial charge in [0, 0.05) is 130 Å². The van der Waals surface area contributed by atoms with E-state index >= 15 is 0 Å². The summed E-state index contributed by atoms with van der Waals surface area (Å²) in [6.07, 6.45) is 8.01. The Kier molecular flexibility index (Phi) is 23.1. The first kappa shape index (κ1) is 89.4. The topological polar surface area (TPSA) is 81.4 Å². The predicted molar refractivity (Wildman–Crippen MR) is 614 cm³/mol. The summed E-state index contributed by atoms with van der Waals surface area (Å²) in [6, 6.07) is 191. The summed E-state index contributed by atoms with van der Waals surface area (Å²) in [4.78, 5) is 13.9. The van der Waals surface area contributed by atoms with E-state index in [2.05, 4.69) is 546 Å². The Morgan fingerprint density at radius 3 is 0.959 bits per heavy atom. The second kappa shape index (κ2) is 38.2. The van der Waals surface area contributed by atoms with E-state index in [1.165, 1.54) is 144 Å². The Morgan fingerprint density at radius 1 is 0.243 bits per heavy atom. The maximum atomic E-state index is 9.21. The summed E-state index contributed by atoms with van der Waals surface area (Å²) >= 11 is 3.66. The van der Waals surface area contributed by atoms with Crippen molar-refractivity contribution in [1.82, 2.24) is 28.2 Å². The van der Waals surface area contributed by atoms with Gasteiger partial charge in [0.25, 0.3) is 0 Å². The number of hydrogen-bond donors (Lipinski definition) is 1. The van der Waals surface area contributed by atoms with Gasteiger partial charge in [-0.3, -0.25) is 9.97 Å². The lowest BCUT2D eigenvalue weighted by molar-refractivity contribution is 0.454. The van der Waals surface area contributed by atoms with Crippen molar-refractivity contribution in [2.75, 3.05) is 9.80 Å². The van der Waals surface area contributed by atoms with Gasteiger partial charge in [0.1, 0.15) is 5.75 Å². The van der Waals surface area contributed by atoms with Crippen molar-refractivity contribution < 1.29 is 9.68 Å². The highest BCUT2D eigenvalue weighted by atomic mass is 79.9. The summed E-state index contributed by atoms with van der Waals surface area (Å²) in [5.74, 6) is 0.554. The molecule has 2 aliphatic carbocycles. The molecule has 0 spiro atoms. The van der Waals surface area contributed by atoms with Gasteiger partial charge >= 0.3 is 7.69 Å². The Hall–Kier alpha value is -18.7. The first-order chi connectivity index (χ1) is 73.3. The van der Waals surface area contributed by atoms with Gasteiger partial charge in [0.2, 0.25) is 0 Å². The largest absolute Gasteiger partial charge is 0.569 e. The SMILES string of the molecule is Brc1ccc2c(c1)c1cc3c(ccn3-c3ccccc3)cc1n2-c1ccccc1.O[B]Oc1ccc(N(c2ccc(-c3ccccn3)cc2)c2ccc3c(c2)C(c2ccccc2)(c2ccccc2)c2ccccc2-3)cc1.c1ccc(-n2ccc3cc4c(cc32)c2cc(-c3ccc(N(c5ccc(-c6ccccn6)cc5)c5ccc6c(c5)C(c5ccccc5)(c5ccccc5)c5ccccc5-6)cc3)ccc2n4-c2ccccc2)cc1. The van der Waals surface area contributed by atoms with Crippen LogP contribution in [0.3, 0.4) is 0 Å². The van der Waals surface area contributed by atoms with Gasteiger partial charge in [-0.15, -0.1) is 0 Å². The van der Waals surface area contributed by atoms with Crippen molar-refractivity contribution >= 4 is 123 Å². The molecule has 0 fully saturated rings. The average Bonchev–Trinajstić information content (AvgIpc) is 1.53. The van der Waals surface area contributed by atoms with Gasteiger partial charge < -0.3 is 37.7 Å². The molecule has 0 unspecified atom stereocenters. The van der Waals surface area contributed by atoms with Crippen LogP contribution in [-0.4, -0.2) is 40.9 Å². The van der Waals surface area contributed by atoms with Gasteiger partial charge in [-0.05, 0) is 302 Å². The van der Waals surface area contributed by atoms with Crippen LogP contribution >= 0.6 is 15.9 Å². The maximum Gasteiger partial charge on any atom is 0.569 e. The first-order valence-corrected chi connectivity index (χ1v) is 50.8. The second-order valence-electron chi connectivity index (χ2n) is 37.6. The van der Waals surface area contributed by atoms with Crippen LogP contribution in [0.2, 0.25) is 0 Å². The number of anilines is 6. The minimum atomic E-state index is -0.526. The molecule has 0 amide bonds. The molecule has 699 valence electrons. The molecule has 6 heterocycles.